The zero-order valence-electron chi connectivity index (χ0n) is 16.4. The van der Waals surface area contributed by atoms with Crippen LogP contribution in [0.1, 0.15) is 16.8 Å². The highest BCUT2D eigenvalue weighted by Gasteiger charge is 2.22. The number of benzene rings is 2. The van der Waals surface area contributed by atoms with E-state index in [4.69, 9.17) is 0 Å². The molecule has 0 saturated carbocycles. The highest BCUT2D eigenvalue weighted by Crippen LogP contribution is 2.23. The van der Waals surface area contributed by atoms with E-state index in [9.17, 15) is 18.4 Å². The number of aryl methyl sites for hydroxylation is 1. The second kappa shape index (κ2) is 8.06. The summed E-state index contributed by atoms with van der Waals surface area (Å²) in [5.74, 6) is -1.83. The summed E-state index contributed by atoms with van der Waals surface area (Å²) in [6.45, 7) is 2.61. The average Bonchev–Trinajstić information content (AvgIpc) is 2.71. The summed E-state index contributed by atoms with van der Waals surface area (Å²) in [5, 5.41) is 2.39. The van der Waals surface area contributed by atoms with Crippen LogP contribution in [0.3, 0.4) is 0 Å². The molecule has 0 atom stereocenters. The SMILES string of the molecule is Cc1cc(=O)n(CC(=O)Nc2ccc(F)cc2F)c(N2CCc3ccccc3C2)n1. The third-order valence-corrected chi connectivity index (χ3v) is 5.04. The van der Waals surface area contributed by atoms with Crippen LogP contribution >= 0.6 is 0 Å². The van der Waals surface area contributed by atoms with E-state index in [1.807, 2.05) is 23.1 Å². The quantitative estimate of drug-likeness (QED) is 0.718. The van der Waals surface area contributed by atoms with E-state index in [0.717, 1.165) is 24.1 Å². The van der Waals surface area contributed by atoms with Gasteiger partial charge in [0, 0.05) is 30.9 Å². The Hall–Kier alpha value is -3.55. The number of carbonyl (C=O) groups is 1. The van der Waals surface area contributed by atoms with Gasteiger partial charge in [-0.1, -0.05) is 24.3 Å². The first-order chi connectivity index (χ1) is 14.4. The molecule has 0 unspecified atom stereocenters. The lowest BCUT2D eigenvalue weighted by Gasteiger charge is -2.31. The van der Waals surface area contributed by atoms with E-state index in [0.29, 0.717) is 30.8 Å². The summed E-state index contributed by atoms with van der Waals surface area (Å²) < 4.78 is 28.2. The molecule has 0 fully saturated rings. The molecule has 3 aromatic rings. The van der Waals surface area contributed by atoms with Crippen LogP contribution in [0.25, 0.3) is 0 Å². The predicted octanol–water partition coefficient (Wildman–Crippen LogP) is 3.03. The minimum absolute atomic E-state index is 0.150. The van der Waals surface area contributed by atoms with Crippen molar-refractivity contribution in [2.24, 2.45) is 0 Å². The van der Waals surface area contributed by atoms with Crippen molar-refractivity contribution in [1.29, 1.82) is 0 Å². The van der Waals surface area contributed by atoms with Crippen LogP contribution in [-0.4, -0.2) is 22.0 Å². The van der Waals surface area contributed by atoms with Crippen molar-refractivity contribution in [3.05, 3.63) is 87.3 Å². The largest absolute Gasteiger partial charge is 0.337 e. The number of halogens is 2. The van der Waals surface area contributed by atoms with E-state index >= 15 is 0 Å². The Morgan fingerprint density at radius 3 is 2.67 bits per heavy atom. The highest BCUT2D eigenvalue weighted by molar-refractivity contribution is 5.90. The zero-order valence-corrected chi connectivity index (χ0v) is 16.4. The molecule has 1 aliphatic heterocycles. The van der Waals surface area contributed by atoms with E-state index in [2.05, 4.69) is 16.4 Å². The molecular weight excluding hydrogens is 390 g/mol. The van der Waals surface area contributed by atoms with Gasteiger partial charge in [-0.05, 0) is 36.6 Å². The maximum atomic E-state index is 13.8. The lowest BCUT2D eigenvalue weighted by atomic mass is 10.0. The molecule has 0 saturated heterocycles. The Morgan fingerprint density at radius 2 is 1.90 bits per heavy atom. The number of amides is 1. The number of fused-ring (bicyclic) bond motifs is 1. The van der Waals surface area contributed by atoms with Crippen molar-refractivity contribution < 1.29 is 13.6 Å². The first-order valence-corrected chi connectivity index (χ1v) is 9.56. The van der Waals surface area contributed by atoms with Crippen molar-refractivity contribution in [3.63, 3.8) is 0 Å². The summed E-state index contributed by atoms with van der Waals surface area (Å²) in [4.78, 5) is 31.6. The van der Waals surface area contributed by atoms with Gasteiger partial charge < -0.3 is 10.2 Å². The molecule has 30 heavy (non-hydrogen) atoms. The van der Waals surface area contributed by atoms with E-state index < -0.39 is 17.5 Å². The van der Waals surface area contributed by atoms with Crippen LogP contribution in [0.15, 0.2) is 53.3 Å². The van der Waals surface area contributed by atoms with E-state index in [-0.39, 0.29) is 17.8 Å². The average molecular weight is 410 g/mol. The van der Waals surface area contributed by atoms with Gasteiger partial charge in [0.05, 0.1) is 5.69 Å². The van der Waals surface area contributed by atoms with Gasteiger partial charge in [0.15, 0.2) is 0 Å². The van der Waals surface area contributed by atoms with Crippen molar-refractivity contribution >= 4 is 17.5 Å². The first-order valence-electron chi connectivity index (χ1n) is 9.56. The number of carbonyl (C=O) groups excluding carboxylic acids is 1. The summed E-state index contributed by atoms with van der Waals surface area (Å²) in [7, 11) is 0. The minimum Gasteiger partial charge on any atom is -0.337 e. The van der Waals surface area contributed by atoms with Gasteiger partial charge in [0.2, 0.25) is 11.9 Å². The number of anilines is 2. The second-order valence-corrected chi connectivity index (χ2v) is 7.23. The lowest BCUT2D eigenvalue weighted by Crippen LogP contribution is -2.38. The Morgan fingerprint density at radius 1 is 1.13 bits per heavy atom. The van der Waals surface area contributed by atoms with Gasteiger partial charge in [-0.3, -0.25) is 14.2 Å². The van der Waals surface area contributed by atoms with Crippen LogP contribution in [0.4, 0.5) is 20.4 Å². The fraction of sp³-hybridized carbons (Fsp3) is 0.227. The van der Waals surface area contributed by atoms with Crippen LogP contribution in [0, 0.1) is 18.6 Å². The number of hydrogen-bond donors (Lipinski definition) is 1. The van der Waals surface area contributed by atoms with E-state index in [1.54, 1.807) is 6.92 Å². The van der Waals surface area contributed by atoms with Crippen LogP contribution in [0.2, 0.25) is 0 Å². The predicted molar refractivity (Wildman–Crippen MR) is 109 cm³/mol. The maximum absolute atomic E-state index is 13.8. The molecule has 1 aliphatic rings. The normalized spacial score (nSPS) is 13.1. The molecule has 0 radical (unpaired) electrons. The van der Waals surface area contributed by atoms with Crippen LogP contribution in [0.5, 0.6) is 0 Å². The fourth-order valence-corrected chi connectivity index (χ4v) is 3.59. The molecule has 1 N–H and O–H groups in total. The lowest BCUT2D eigenvalue weighted by molar-refractivity contribution is -0.116. The smallest absolute Gasteiger partial charge is 0.255 e. The molecule has 8 heteroatoms. The standard InChI is InChI=1S/C22H20F2N4O2/c1-14-10-21(30)28(13-20(29)26-19-7-6-17(23)11-18(19)24)22(25-14)27-9-8-15-4-2-3-5-16(15)12-27/h2-7,10-11H,8-9,12-13H2,1H3,(H,26,29). The summed E-state index contributed by atoms with van der Waals surface area (Å²) in [6.07, 6.45) is 0.799. The Balaban J connectivity index is 1.61. The third-order valence-electron chi connectivity index (χ3n) is 5.04. The highest BCUT2D eigenvalue weighted by atomic mass is 19.1. The number of hydrogen-bond acceptors (Lipinski definition) is 4. The van der Waals surface area contributed by atoms with Gasteiger partial charge in [-0.15, -0.1) is 0 Å². The molecule has 1 aromatic heterocycles. The topological polar surface area (TPSA) is 67.2 Å². The molecule has 1 amide bonds. The summed E-state index contributed by atoms with van der Waals surface area (Å²) in [5.41, 5.74) is 2.42. The van der Waals surface area contributed by atoms with Crippen molar-refractivity contribution in [2.45, 2.75) is 26.4 Å². The van der Waals surface area contributed by atoms with Gasteiger partial charge in [-0.25, -0.2) is 13.8 Å². The molecule has 0 bridgehead atoms. The molecule has 2 heterocycles. The minimum atomic E-state index is -0.884. The Labute approximate surface area is 171 Å². The monoisotopic (exact) mass is 410 g/mol. The number of rotatable bonds is 4. The zero-order chi connectivity index (χ0) is 21.3. The van der Waals surface area contributed by atoms with Gasteiger partial charge in [0.25, 0.3) is 5.56 Å². The molecule has 2 aromatic carbocycles. The van der Waals surface area contributed by atoms with Crippen LogP contribution in [-0.2, 0) is 24.3 Å². The van der Waals surface area contributed by atoms with Gasteiger partial charge in [-0.2, -0.15) is 0 Å². The van der Waals surface area contributed by atoms with Gasteiger partial charge in [0.1, 0.15) is 18.2 Å². The fourth-order valence-electron chi connectivity index (χ4n) is 3.59. The number of nitrogens with zero attached hydrogens (tertiary/aromatic N) is 3. The van der Waals surface area contributed by atoms with Gasteiger partial charge >= 0.3 is 0 Å². The molecule has 6 nitrogen and oxygen atoms in total. The van der Waals surface area contributed by atoms with Crippen molar-refractivity contribution in [1.82, 2.24) is 9.55 Å². The number of aromatic nitrogens is 2. The first kappa shape index (κ1) is 19.8. The molecule has 0 aliphatic carbocycles. The molecule has 154 valence electrons. The van der Waals surface area contributed by atoms with Crippen LogP contribution < -0.4 is 15.8 Å². The van der Waals surface area contributed by atoms with Crippen molar-refractivity contribution in [2.75, 3.05) is 16.8 Å². The molecular formula is C22H20F2N4O2. The van der Waals surface area contributed by atoms with Crippen molar-refractivity contribution in [3.8, 4) is 0 Å². The second-order valence-electron chi connectivity index (χ2n) is 7.23. The van der Waals surface area contributed by atoms with E-state index in [1.165, 1.54) is 16.2 Å². The summed E-state index contributed by atoms with van der Waals surface area (Å²) >= 11 is 0. The Kier molecular flexibility index (Phi) is 5.31. The maximum Gasteiger partial charge on any atom is 0.255 e. The third kappa shape index (κ3) is 4.07. The molecule has 0 spiro atoms. The molecule has 4 rings (SSSR count). The summed E-state index contributed by atoms with van der Waals surface area (Å²) in [6, 6.07) is 12.3. The number of nitrogens with one attached hydrogen (secondary N) is 1. The Bertz CT molecular complexity index is 1180.